The molecule has 0 aliphatic heterocycles. The van der Waals surface area contributed by atoms with Crippen LogP contribution in [0.2, 0.25) is 0 Å². The molecule has 0 aliphatic rings. The summed E-state index contributed by atoms with van der Waals surface area (Å²) in [6.07, 6.45) is 1.21. The standard InChI is InChI=1S/C19H18FN3O4/c1-10(2)9-23-17-14(18(26)22(3)19(23)27)6-11(8-21-17)16(25)13-7-12(20)4-5-15(13)24/h4-8,10,24H,9H2,1-3H3. The molecule has 2 aromatic heterocycles. The first kappa shape index (κ1) is 18.5. The Kier molecular flexibility index (Phi) is 4.65. The fourth-order valence-electron chi connectivity index (χ4n) is 2.87. The van der Waals surface area contributed by atoms with Crippen molar-refractivity contribution < 1.29 is 14.3 Å². The zero-order valence-corrected chi connectivity index (χ0v) is 15.1. The number of hydrogen-bond acceptors (Lipinski definition) is 5. The van der Waals surface area contributed by atoms with Gasteiger partial charge in [0, 0.05) is 25.4 Å². The van der Waals surface area contributed by atoms with E-state index in [1.165, 1.54) is 23.9 Å². The van der Waals surface area contributed by atoms with Gasteiger partial charge in [0.05, 0.1) is 10.9 Å². The number of carbonyl (C=O) groups excluding carboxylic acids is 1. The molecule has 1 N–H and O–H groups in total. The number of fused-ring (bicyclic) bond motifs is 1. The number of halogens is 1. The van der Waals surface area contributed by atoms with E-state index < -0.39 is 22.8 Å². The third kappa shape index (κ3) is 3.25. The zero-order valence-electron chi connectivity index (χ0n) is 15.1. The van der Waals surface area contributed by atoms with Gasteiger partial charge in [0.1, 0.15) is 17.2 Å². The van der Waals surface area contributed by atoms with E-state index in [1.807, 2.05) is 13.8 Å². The number of carbonyl (C=O) groups is 1. The van der Waals surface area contributed by atoms with Crippen LogP contribution in [-0.2, 0) is 13.6 Å². The van der Waals surface area contributed by atoms with Crippen molar-refractivity contribution in [3.8, 4) is 5.75 Å². The predicted molar refractivity (Wildman–Crippen MR) is 97.6 cm³/mol. The van der Waals surface area contributed by atoms with Gasteiger partial charge in [0.15, 0.2) is 5.78 Å². The third-order valence-corrected chi connectivity index (χ3v) is 4.19. The van der Waals surface area contributed by atoms with Gasteiger partial charge in [-0.15, -0.1) is 0 Å². The Morgan fingerprint density at radius 3 is 2.63 bits per heavy atom. The maximum Gasteiger partial charge on any atom is 0.332 e. The van der Waals surface area contributed by atoms with Gasteiger partial charge in [-0.3, -0.25) is 18.7 Å². The molecule has 3 aromatic rings. The van der Waals surface area contributed by atoms with Crippen LogP contribution in [-0.4, -0.2) is 25.0 Å². The number of aromatic nitrogens is 3. The van der Waals surface area contributed by atoms with Crippen molar-refractivity contribution in [2.24, 2.45) is 13.0 Å². The number of ketones is 1. The highest BCUT2D eigenvalue weighted by molar-refractivity contribution is 6.11. The van der Waals surface area contributed by atoms with Crippen LogP contribution in [0.4, 0.5) is 4.39 Å². The minimum Gasteiger partial charge on any atom is -0.507 e. The first-order valence-corrected chi connectivity index (χ1v) is 8.33. The van der Waals surface area contributed by atoms with Crippen LogP contribution in [0, 0.1) is 11.7 Å². The lowest BCUT2D eigenvalue weighted by Gasteiger charge is -2.13. The zero-order chi connectivity index (χ0) is 19.9. The van der Waals surface area contributed by atoms with Gasteiger partial charge in [-0.2, -0.15) is 0 Å². The number of phenols is 1. The van der Waals surface area contributed by atoms with E-state index in [0.717, 1.165) is 22.8 Å². The lowest BCUT2D eigenvalue weighted by molar-refractivity contribution is 0.103. The maximum atomic E-state index is 13.4. The van der Waals surface area contributed by atoms with Gasteiger partial charge < -0.3 is 5.11 Å². The van der Waals surface area contributed by atoms with Crippen LogP contribution >= 0.6 is 0 Å². The lowest BCUT2D eigenvalue weighted by atomic mass is 10.0. The summed E-state index contributed by atoms with van der Waals surface area (Å²) in [6.45, 7) is 4.20. The van der Waals surface area contributed by atoms with Gasteiger partial charge in [-0.25, -0.2) is 14.2 Å². The number of nitrogens with zero attached hydrogens (tertiary/aromatic N) is 3. The number of rotatable bonds is 4. The van der Waals surface area contributed by atoms with Crippen molar-refractivity contribution in [1.29, 1.82) is 0 Å². The van der Waals surface area contributed by atoms with Crippen LogP contribution in [0.1, 0.15) is 29.8 Å². The lowest BCUT2D eigenvalue weighted by Crippen LogP contribution is -2.39. The van der Waals surface area contributed by atoms with E-state index >= 15 is 0 Å². The van der Waals surface area contributed by atoms with Gasteiger partial charge in [0.25, 0.3) is 5.56 Å². The van der Waals surface area contributed by atoms with E-state index in [2.05, 4.69) is 4.98 Å². The summed E-state index contributed by atoms with van der Waals surface area (Å²) in [5.74, 6) is -1.59. The molecule has 0 spiro atoms. The monoisotopic (exact) mass is 371 g/mol. The molecule has 0 aliphatic carbocycles. The molecule has 0 saturated carbocycles. The number of pyridine rings is 1. The van der Waals surface area contributed by atoms with Crippen molar-refractivity contribution >= 4 is 16.8 Å². The molecule has 140 valence electrons. The second-order valence-corrected chi connectivity index (χ2v) is 6.74. The highest BCUT2D eigenvalue weighted by Gasteiger charge is 2.19. The minimum atomic E-state index is -0.676. The largest absolute Gasteiger partial charge is 0.507 e. The van der Waals surface area contributed by atoms with Crippen molar-refractivity contribution in [2.45, 2.75) is 20.4 Å². The van der Waals surface area contributed by atoms with Crippen molar-refractivity contribution in [2.75, 3.05) is 0 Å². The second-order valence-electron chi connectivity index (χ2n) is 6.74. The molecular weight excluding hydrogens is 353 g/mol. The van der Waals surface area contributed by atoms with E-state index in [0.29, 0.717) is 6.54 Å². The Bertz CT molecular complexity index is 1180. The van der Waals surface area contributed by atoms with Gasteiger partial charge in [-0.05, 0) is 30.2 Å². The average Bonchev–Trinajstić information content (AvgIpc) is 2.64. The molecule has 1 aromatic carbocycles. The summed E-state index contributed by atoms with van der Waals surface area (Å²) in [7, 11) is 1.35. The summed E-state index contributed by atoms with van der Waals surface area (Å²) in [6, 6.07) is 4.34. The van der Waals surface area contributed by atoms with Crippen molar-refractivity contribution in [3.05, 3.63) is 68.2 Å². The summed E-state index contributed by atoms with van der Waals surface area (Å²) in [5.41, 5.74) is -1.12. The Balaban J connectivity index is 2.24. The van der Waals surface area contributed by atoms with E-state index in [4.69, 9.17) is 0 Å². The minimum absolute atomic E-state index is 0.00949. The van der Waals surface area contributed by atoms with E-state index in [-0.39, 0.29) is 33.8 Å². The van der Waals surface area contributed by atoms with E-state index in [1.54, 1.807) is 0 Å². The molecule has 0 fully saturated rings. The summed E-state index contributed by atoms with van der Waals surface area (Å²) in [4.78, 5) is 41.7. The average molecular weight is 371 g/mol. The van der Waals surface area contributed by atoms with Gasteiger partial charge in [0.2, 0.25) is 0 Å². The first-order valence-electron chi connectivity index (χ1n) is 8.33. The van der Waals surface area contributed by atoms with Gasteiger partial charge >= 0.3 is 5.69 Å². The molecule has 7 nitrogen and oxygen atoms in total. The normalized spacial score (nSPS) is 11.3. The van der Waals surface area contributed by atoms with Crippen molar-refractivity contribution in [1.82, 2.24) is 14.1 Å². The molecule has 3 rings (SSSR count). The number of benzene rings is 1. The molecule has 0 atom stereocenters. The number of hydrogen-bond donors (Lipinski definition) is 1. The Labute approximate surface area is 153 Å². The van der Waals surface area contributed by atoms with Crippen LogP contribution in [0.5, 0.6) is 5.75 Å². The van der Waals surface area contributed by atoms with Crippen LogP contribution in [0.15, 0.2) is 40.1 Å². The number of phenolic OH excluding ortho intramolecular Hbond substituents is 1. The SMILES string of the molecule is CC(C)Cn1c(=O)n(C)c(=O)c2cc(C(=O)c3cc(F)ccc3O)cnc21. The Morgan fingerprint density at radius 1 is 1.26 bits per heavy atom. The summed E-state index contributed by atoms with van der Waals surface area (Å²) >= 11 is 0. The van der Waals surface area contributed by atoms with Crippen LogP contribution in [0.3, 0.4) is 0 Å². The summed E-state index contributed by atoms with van der Waals surface area (Å²) < 4.78 is 15.8. The molecule has 2 heterocycles. The topological polar surface area (TPSA) is 94.2 Å². The molecule has 0 bridgehead atoms. The van der Waals surface area contributed by atoms with Crippen LogP contribution in [0.25, 0.3) is 11.0 Å². The molecule has 0 unspecified atom stereocenters. The van der Waals surface area contributed by atoms with Crippen molar-refractivity contribution in [3.63, 3.8) is 0 Å². The highest BCUT2D eigenvalue weighted by Crippen LogP contribution is 2.22. The quantitative estimate of drug-likeness (QED) is 0.706. The second kappa shape index (κ2) is 6.79. The van der Waals surface area contributed by atoms with E-state index in [9.17, 15) is 23.9 Å². The first-order chi connectivity index (χ1) is 12.7. The van der Waals surface area contributed by atoms with Crippen LogP contribution < -0.4 is 11.2 Å². The predicted octanol–water partition coefficient (Wildman–Crippen LogP) is 1.83. The molecule has 0 amide bonds. The smallest absolute Gasteiger partial charge is 0.332 e. The fourth-order valence-corrected chi connectivity index (χ4v) is 2.87. The van der Waals surface area contributed by atoms with Gasteiger partial charge in [-0.1, -0.05) is 13.8 Å². The Morgan fingerprint density at radius 2 is 1.96 bits per heavy atom. The summed E-state index contributed by atoms with van der Waals surface area (Å²) in [5, 5.41) is 9.94. The highest BCUT2D eigenvalue weighted by atomic mass is 19.1. The molecule has 27 heavy (non-hydrogen) atoms. The molecular formula is C19H18FN3O4. The third-order valence-electron chi connectivity index (χ3n) is 4.19. The molecule has 0 radical (unpaired) electrons. The Hall–Kier alpha value is -3.29. The molecule has 8 heteroatoms. The molecule has 0 saturated heterocycles. The number of aromatic hydroxyl groups is 1. The maximum absolute atomic E-state index is 13.4. The fraction of sp³-hybridized carbons (Fsp3) is 0.263.